The van der Waals surface area contributed by atoms with Crippen LogP contribution in [0.5, 0.6) is 0 Å². The van der Waals surface area contributed by atoms with Crippen molar-refractivity contribution in [2.24, 2.45) is 0 Å². The van der Waals surface area contributed by atoms with Crippen LogP contribution in [0.25, 0.3) is 0 Å². The molecular weight excluding hydrogens is 320 g/mol. The van der Waals surface area contributed by atoms with E-state index in [2.05, 4.69) is 50.8 Å². The molecule has 0 saturated heterocycles. The lowest BCUT2D eigenvalue weighted by atomic mass is 9.69. The van der Waals surface area contributed by atoms with Crippen molar-refractivity contribution in [1.82, 2.24) is 0 Å². The lowest BCUT2D eigenvalue weighted by Gasteiger charge is -2.36. The highest BCUT2D eigenvalue weighted by Crippen LogP contribution is 2.42. The number of aliphatic hydroxyl groups excluding tert-OH is 1. The topological polar surface area (TPSA) is 37.3 Å². The molecule has 0 aliphatic heterocycles. The Morgan fingerprint density at radius 1 is 1.12 bits per heavy atom. The number of benzene rings is 2. The van der Waals surface area contributed by atoms with Crippen LogP contribution in [0.2, 0.25) is 0 Å². The van der Waals surface area contributed by atoms with E-state index in [0.717, 1.165) is 22.3 Å². The number of hydrogen-bond acceptors (Lipinski definition) is 2. The van der Waals surface area contributed by atoms with Crippen LogP contribution < -0.4 is 0 Å². The molecule has 0 radical (unpaired) electrons. The fraction of sp³-hybridized carbons (Fsp3) is 0.375. The second-order valence-corrected chi connectivity index (χ2v) is 7.68. The van der Waals surface area contributed by atoms with Gasteiger partial charge < -0.3 is 9.90 Å². The molecule has 0 heterocycles. The maximum atomic E-state index is 9.26. The molecule has 0 amide bonds. The van der Waals surface area contributed by atoms with E-state index in [1.807, 2.05) is 31.9 Å². The number of carbonyl (C=O) groups is 1. The largest absolute Gasteiger partial charge is 0.392 e. The van der Waals surface area contributed by atoms with E-state index in [-0.39, 0.29) is 12.0 Å². The minimum absolute atomic E-state index is 0.0810. The maximum absolute atomic E-state index is 9.26. The van der Waals surface area contributed by atoms with Crippen molar-refractivity contribution in [2.45, 2.75) is 58.5 Å². The standard InChI is InChI=1S/C23H26O.CH2O/c1-16-11-12-23(3,4)22-14-19(8-10-21(16)22)6-5-18-7-9-20(15-24)17(2)13-18;1-2/h7-10,13-14,16,24H,11-12,15H2,1-4H3;1H2. The van der Waals surface area contributed by atoms with Gasteiger partial charge in [0, 0.05) is 11.1 Å². The van der Waals surface area contributed by atoms with E-state index < -0.39 is 0 Å². The molecule has 3 rings (SSSR count). The highest BCUT2D eigenvalue weighted by Gasteiger charge is 2.30. The van der Waals surface area contributed by atoms with Crippen molar-refractivity contribution in [3.63, 3.8) is 0 Å². The van der Waals surface area contributed by atoms with Crippen LogP contribution in [0.3, 0.4) is 0 Å². The van der Waals surface area contributed by atoms with Gasteiger partial charge in [-0.05, 0) is 77.6 Å². The van der Waals surface area contributed by atoms with Crippen molar-refractivity contribution >= 4 is 6.79 Å². The predicted molar refractivity (Wildman–Crippen MR) is 107 cm³/mol. The van der Waals surface area contributed by atoms with Crippen LogP contribution >= 0.6 is 0 Å². The van der Waals surface area contributed by atoms with Crippen LogP contribution in [0.1, 0.15) is 72.9 Å². The van der Waals surface area contributed by atoms with Gasteiger partial charge in [-0.1, -0.05) is 44.7 Å². The monoisotopic (exact) mass is 348 g/mol. The number of carbonyl (C=O) groups excluding carboxylic acids is 1. The number of fused-ring (bicyclic) bond motifs is 1. The van der Waals surface area contributed by atoms with Gasteiger partial charge in [0.2, 0.25) is 0 Å². The van der Waals surface area contributed by atoms with Gasteiger partial charge in [0.05, 0.1) is 6.61 Å². The van der Waals surface area contributed by atoms with Gasteiger partial charge in [-0.2, -0.15) is 0 Å². The fourth-order valence-corrected chi connectivity index (χ4v) is 3.61. The Kier molecular flexibility index (Phi) is 6.40. The zero-order valence-electron chi connectivity index (χ0n) is 16.2. The molecule has 2 aromatic carbocycles. The van der Waals surface area contributed by atoms with Gasteiger partial charge in [-0.25, -0.2) is 0 Å². The molecule has 1 unspecified atom stereocenters. The van der Waals surface area contributed by atoms with E-state index in [4.69, 9.17) is 4.79 Å². The molecule has 26 heavy (non-hydrogen) atoms. The first kappa shape index (κ1) is 19.9. The van der Waals surface area contributed by atoms with Crippen molar-refractivity contribution in [3.05, 3.63) is 69.8 Å². The Morgan fingerprint density at radius 3 is 2.35 bits per heavy atom. The molecule has 0 spiro atoms. The number of aryl methyl sites for hydroxylation is 1. The van der Waals surface area contributed by atoms with Gasteiger partial charge in [-0.3, -0.25) is 0 Å². The molecule has 1 N–H and O–H groups in total. The number of hydrogen-bond donors (Lipinski definition) is 1. The third-order valence-corrected chi connectivity index (χ3v) is 5.38. The summed E-state index contributed by atoms with van der Waals surface area (Å²) in [4.78, 5) is 8.00. The minimum atomic E-state index is 0.0810. The summed E-state index contributed by atoms with van der Waals surface area (Å²) in [5, 5.41) is 9.26. The molecule has 0 saturated carbocycles. The van der Waals surface area contributed by atoms with Crippen LogP contribution in [0.15, 0.2) is 36.4 Å². The quantitative estimate of drug-likeness (QED) is 0.746. The lowest BCUT2D eigenvalue weighted by molar-refractivity contribution is -0.0979. The molecule has 0 aromatic heterocycles. The van der Waals surface area contributed by atoms with Crippen LogP contribution in [-0.4, -0.2) is 11.9 Å². The van der Waals surface area contributed by atoms with E-state index in [1.165, 1.54) is 24.0 Å². The molecule has 2 heteroatoms. The zero-order valence-corrected chi connectivity index (χ0v) is 16.2. The van der Waals surface area contributed by atoms with Crippen molar-refractivity contribution in [1.29, 1.82) is 0 Å². The van der Waals surface area contributed by atoms with Gasteiger partial charge in [0.1, 0.15) is 6.79 Å². The third kappa shape index (κ3) is 4.23. The first-order valence-corrected chi connectivity index (χ1v) is 9.06. The fourth-order valence-electron chi connectivity index (χ4n) is 3.61. The number of aliphatic hydroxyl groups is 1. The third-order valence-electron chi connectivity index (χ3n) is 5.38. The Balaban J connectivity index is 0.00000117. The van der Waals surface area contributed by atoms with E-state index in [0.29, 0.717) is 5.92 Å². The van der Waals surface area contributed by atoms with Gasteiger partial charge in [0.25, 0.3) is 0 Å². The SMILES string of the molecule is C=O.Cc1cc(C#Cc2ccc3c(c2)C(C)(C)CCC3C)ccc1CO. The molecule has 1 aliphatic rings. The molecular formula is C24H28O2. The highest BCUT2D eigenvalue weighted by molar-refractivity contribution is 5.49. The van der Waals surface area contributed by atoms with E-state index in [9.17, 15) is 5.11 Å². The Hall–Kier alpha value is -2.37. The molecule has 136 valence electrons. The second-order valence-electron chi connectivity index (χ2n) is 7.68. The Labute approximate surface area is 157 Å². The zero-order chi connectivity index (χ0) is 19.3. The van der Waals surface area contributed by atoms with Crippen LogP contribution in [0, 0.1) is 18.8 Å². The molecule has 1 atom stereocenters. The van der Waals surface area contributed by atoms with Crippen molar-refractivity contribution < 1.29 is 9.90 Å². The summed E-state index contributed by atoms with van der Waals surface area (Å²) in [6, 6.07) is 12.7. The van der Waals surface area contributed by atoms with Crippen LogP contribution in [0.4, 0.5) is 0 Å². The summed E-state index contributed by atoms with van der Waals surface area (Å²) in [5.41, 5.74) is 7.31. The normalized spacial score (nSPS) is 17.2. The molecule has 1 aliphatic carbocycles. The molecule has 0 bridgehead atoms. The highest BCUT2D eigenvalue weighted by atomic mass is 16.3. The van der Waals surface area contributed by atoms with Gasteiger partial charge in [-0.15, -0.1) is 0 Å². The summed E-state index contributed by atoms with van der Waals surface area (Å²) < 4.78 is 0. The second kappa shape index (κ2) is 8.34. The summed E-state index contributed by atoms with van der Waals surface area (Å²) in [6.07, 6.45) is 2.50. The summed E-state index contributed by atoms with van der Waals surface area (Å²) in [6.45, 7) is 11.1. The van der Waals surface area contributed by atoms with E-state index in [1.54, 1.807) is 0 Å². The first-order valence-electron chi connectivity index (χ1n) is 9.06. The molecule has 0 fully saturated rings. The summed E-state index contributed by atoms with van der Waals surface area (Å²) in [7, 11) is 0. The van der Waals surface area contributed by atoms with E-state index >= 15 is 0 Å². The predicted octanol–water partition coefficient (Wildman–Crippen LogP) is 4.88. The van der Waals surface area contributed by atoms with Gasteiger partial charge >= 0.3 is 0 Å². The van der Waals surface area contributed by atoms with Crippen molar-refractivity contribution in [3.8, 4) is 11.8 Å². The first-order chi connectivity index (χ1) is 12.4. The number of rotatable bonds is 1. The summed E-state index contributed by atoms with van der Waals surface area (Å²) in [5.74, 6) is 7.23. The molecule has 2 nitrogen and oxygen atoms in total. The smallest absolute Gasteiger partial charge is 0.106 e. The summed E-state index contributed by atoms with van der Waals surface area (Å²) >= 11 is 0. The average Bonchev–Trinajstić information content (AvgIpc) is 2.65. The minimum Gasteiger partial charge on any atom is -0.392 e. The lowest BCUT2D eigenvalue weighted by Crippen LogP contribution is -2.25. The van der Waals surface area contributed by atoms with Crippen LogP contribution in [-0.2, 0) is 16.8 Å². The van der Waals surface area contributed by atoms with Gasteiger partial charge in [0.15, 0.2) is 0 Å². The molecule has 2 aromatic rings. The Bertz CT molecular complexity index is 837. The Morgan fingerprint density at radius 2 is 1.73 bits per heavy atom. The average molecular weight is 348 g/mol. The maximum Gasteiger partial charge on any atom is 0.106 e. The van der Waals surface area contributed by atoms with Crippen molar-refractivity contribution in [2.75, 3.05) is 0 Å².